The Morgan fingerprint density at radius 3 is 2.60 bits per heavy atom. The molecule has 0 aromatic heterocycles. The van der Waals surface area contributed by atoms with E-state index in [0.717, 1.165) is 0 Å². The Balaban J connectivity index is 2.62. The lowest BCUT2D eigenvalue weighted by Gasteiger charge is -2.13. The van der Waals surface area contributed by atoms with E-state index in [4.69, 9.17) is 11.6 Å². The summed E-state index contributed by atoms with van der Waals surface area (Å²) in [5.74, 6) is -0.569. The number of aromatic hydroxyl groups is 2. The van der Waals surface area contributed by atoms with E-state index >= 15 is 0 Å². The Morgan fingerprint density at radius 2 is 2.07 bits per heavy atom. The van der Waals surface area contributed by atoms with Gasteiger partial charge in [-0.2, -0.15) is 4.99 Å². The number of benzene rings is 1. The van der Waals surface area contributed by atoms with Crippen LogP contribution in [0, 0.1) is 0 Å². The third-order valence-corrected chi connectivity index (χ3v) is 2.87. The minimum absolute atomic E-state index is 0.262. The molecule has 1 saturated carbocycles. The van der Waals surface area contributed by atoms with Gasteiger partial charge in [-0.3, -0.25) is 0 Å². The molecule has 0 amide bonds. The third-order valence-electron chi connectivity index (χ3n) is 2.55. The van der Waals surface area contributed by atoms with Gasteiger partial charge in [0.1, 0.15) is 5.54 Å². The van der Waals surface area contributed by atoms with Crippen molar-refractivity contribution in [3.63, 3.8) is 0 Å². The van der Waals surface area contributed by atoms with Crippen LogP contribution >= 0.6 is 11.6 Å². The highest BCUT2D eigenvalue weighted by Crippen LogP contribution is 2.55. The van der Waals surface area contributed by atoms with E-state index in [2.05, 4.69) is 4.99 Å². The van der Waals surface area contributed by atoms with Crippen molar-refractivity contribution >= 4 is 17.7 Å². The maximum absolute atomic E-state index is 10.3. The number of hydrogen-bond acceptors (Lipinski definition) is 4. The molecule has 1 aromatic carbocycles. The summed E-state index contributed by atoms with van der Waals surface area (Å²) in [7, 11) is 0. The second-order valence-corrected chi connectivity index (χ2v) is 3.93. The zero-order chi connectivity index (χ0) is 11.1. The molecule has 0 aliphatic heterocycles. The molecule has 78 valence electrons. The molecule has 2 N–H and O–H groups in total. The van der Waals surface area contributed by atoms with Crippen LogP contribution in [-0.4, -0.2) is 16.3 Å². The molecule has 0 heterocycles. The zero-order valence-electron chi connectivity index (χ0n) is 7.70. The number of hydrogen-bond donors (Lipinski definition) is 2. The molecule has 15 heavy (non-hydrogen) atoms. The van der Waals surface area contributed by atoms with Crippen molar-refractivity contribution in [1.29, 1.82) is 0 Å². The lowest BCUT2D eigenvalue weighted by atomic mass is 10.0. The van der Waals surface area contributed by atoms with Crippen LogP contribution in [0.15, 0.2) is 17.1 Å². The number of phenolic OH excluding ortho intramolecular Hbond substituents is 2. The van der Waals surface area contributed by atoms with Crippen LogP contribution in [0.3, 0.4) is 0 Å². The van der Waals surface area contributed by atoms with Gasteiger partial charge in [0.2, 0.25) is 6.08 Å². The molecule has 0 unspecified atom stereocenters. The number of phenols is 2. The molecule has 2 rings (SSSR count). The van der Waals surface area contributed by atoms with Crippen LogP contribution in [0.2, 0.25) is 5.02 Å². The number of aliphatic imine (C=N–C) groups is 1. The SMILES string of the molecule is O=C=NC1(c2c(Cl)ccc(O)c2O)CC1. The van der Waals surface area contributed by atoms with Gasteiger partial charge in [-0.1, -0.05) is 11.6 Å². The summed E-state index contributed by atoms with van der Waals surface area (Å²) in [5.41, 5.74) is -0.464. The summed E-state index contributed by atoms with van der Waals surface area (Å²) in [5, 5.41) is 19.3. The molecule has 4 nitrogen and oxygen atoms in total. The van der Waals surface area contributed by atoms with Gasteiger partial charge in [0.15, 0.2) is 11.5 Å². The predicted molar refractivity (Wildman–Crippen MR) is 53.8 cm³/mol. The predicted octanol–water partition coefficient (Wildman–Crippen LogP) is 2.08. The third kappa shape index (κ3) is 1.48. The first-order valence-electron chi connectivity index (χ1n) is 4.41. The molecule has 0 bridgehead atoms. The normalized spacial score (nSPS) is 16.9. The molecule has 1 aliphatic carbocycles. The fourth-order valence-electron chi connectivity index (χ4n) is 1.62. The Kier molecular flexibility index (Phi) is 2.18. The average Bonchev–Trinajstić information content (AvgIpc) is 2.94. The summed E-state index contributed by atoms with van der Waals surface area (Å²) >= 11 is 5.90. The Bertz CT molecular complexity index is 462. The monoisotopic (exact) mass is 225 g/mol. The minimum Gasteiger partial charge on any atom is -0.504 e. The fraction of sp³-hybridized carbons (Fsp3) is 0.300. The highest BCUT2D eigenvalue weighted by Gasteiger charge is 2.48. The van der Waals surface area contributed by atoms with Gasteiger partial charge in [0, 0.05) is 5.56 Å². The van der Waals surface area contributed by atoms with Crippen molar-refractivity contribution < 1.29 is 15.0 Å². The van der Waals surface area contributed by atoms with Crippen LogP contribution < -0.4 is 0 Å². The topological polar surface area (TPSA) is 69.9 Å². The second kappa shape index (κ2) is 3.26. The largest absolute Gasteiger partial charge is 0.504 e. The van der Waals surface area contributed by atoms with Crippen LogP contribution in [-0.2, 0) is 10.3 Å². The summed E-state index contributed by atoms with van der Waals surface area (Å²) in [4.78, 5) is 13.9. The number of nitrogens with zero attached hydrogens (tertiary/aromatic N) is 1. The van der Waals surface area contributed by atoms with Crippen molar-refractivity contribution in [2.24, 2.45) is 4.99 Å². The summed E-state index contributed by atoms with van der Waals surface area (Å²) in [6, 6.07) is 2.76. The van der Waals surface area contributed by atoms with Crippen molar-refractivity contribution in [3.05, 3.63) is 22.7 Å². The van der Waals surface area contributed by atoms with Gasteiger partial charge < -0.3 is 10.2 Å². The molecule has 1 fully saturated rings. The van der Waals surface area contributed by atoms with E-state index < -0.39 is 5.54 Å². The van der Waals surface area contributed by atoms with Crippen LogP contribution in [0.1, 0.15) is 18.4 Å². The molecular weight excluding hydrogens is 218 g/mol. The fourth-order valence-corrected chi connectivity index (χ4v) is 1.95. The molecule has 0 saturated heterocycles. The molecule has 0 radical (unpaired) electrons. The molecule has 0 atom stereocenters. The number of isocyanates is 1. The highest BCUT2D eigenvalue weighted by atomic mass is 35.5. The molecular formula is C10H8ClNO3. The first-order valence-corrected chi connectivity index (χ1v) is 4.78. The lowest BCUT2D eigenvalue weighted by Crippen LogP contribution is -2.03. The molecule has 1 aliphatic rings. The molecule has 0 spiro atoms. The maximum Gasteiger partial charge on any atom is 0.235 e. The lowest BCUT2D eigenvalue weighted by molar-refractivity contribution is 0.395. The minimum atomic E-state index is -0.776. The van der Waals surface area contributed by atoms with Gasteiger partial charge in [-0.25, -0.2) is 4.79 Å². The summed E-state index contributed by atoms with van der Waals surface area (Å²) < 4.78 is 0. The van der Waals surface area contributed by atoms with Crippen molar-refractivity contribution in [2.45, 2.75) is 18.4 Å². The maximum atomic E-state index is 10.3. The van der Waals surface area contributed by atoms with Gasteiger partial charge in [-0.15, -0.1) is 0 Å². The number of halogens is 1. The first kappa shape index (κ1) is 10.0. The Hall–Kier alpha value is -1.51. The van der Waals surface area contributed by atoms with Crippen molar-refractivity contribution in [3.8, 4) is 11.5 Å². The Morgan fingerprint density at radius 1 is 1.40 bits per heavy atom. The van der Waals surface area contributed by atoms with E-state index in [1.165, 1.54) is 18.2 Å². The Labute approximate surface area is 90.8 Å². The van der Waals surface area contributed by atoms with Crippen LogP contribution in [0.5, 0.6) is 11.5 Å². The first-order chi connectivity index (χ1) is 7.10. The van der Waals surface area contributed by atoms with E-state index in [0.29, 0.717) is 23.4 Å². The van der Waals surface area contributed by atoms with Crippen LogP contribution in [0.25, 0.3) is 0 Å². The van der Waals surface area contributed by atoms with Crippen LogP contribution in [0.4, 0.5) is 0 Å². The van der Waals surface area contributed by atoms with Gasteiger partial charge in [-0.05, 0) is 25.0 Å². The summed E-state index contributed by atoms with van der Waals surface area (Å²) in [6.45, 7) is 0. The van der Waals surface area contributed by atoms with E-state index in [1.54, 1.807) is 0 Å². The average molecular weight is 226 g/mol. The van der Waals surface area contributed by atoms with Gasteiger partial charge >= 0.3 is 0 Å². The zero-order valence-corrected chi connectivity index (χ0v) is 8.45. The quantitative estimate of drug-likeness (QED) is 0.460. The van der Waals surface area contributed by atoms with E-state index in [1.807, 2.05) is 0 Å². The molecule has 5 heteroatoms. The van der Waals surface area contributed by atoms with Gasteiger partial charge in [0.05, 0.1) is 5.02 Å². The van der Waals surface area contributed by atoms with Crippen molar-refractivity contribution in [1.82, 2.24) is 0 Å². The van der Waals surface area contributed by atoms with E-state index in [-0.39, 0.29) is 11.5 Å². The van der Waals surface area contributed by atoms with Crippen molar-refractivity contribution in [2.75, 3.05) is 0 Å². The number of rotatable bonds is 2. The van der Waals surface area contributed by atoms with E-state index in [9.17, 15) is 15.0 Å². The molecule has 1 aromatic rings. The standard InChI is InChI=1S/C10H8ClNO3/c11-6-1-2-7(14)9(15)8(6)10(3-4-10)12-5-13/h1-2,14-15H,3-4H2. The number of carbonyl (C=O) groups excluding carboxylic acids is 1. The smallest absolute Gasteiger partial charge is 0.235 e. The second-order valence-electron chi connectivity index (χ2n) is 3.52. The van der Waals surface area contributed by atoms with Gasteiger partial charge in [0.25, 0.3) is 0 Å². The summed E-state index contributed by atoms with van der Waals surface area (Å²) in [6.07, 6.45) is 2.71. The highest BCUT2D eigenvalue weighted by molar-refractivity contribution is 6.31.